The van der Waals surface area contributed by atoms with Crippen molar-refractivity contribution in [2.45, 2.75) is 6.92 Å². The highest BCUT2D eigenvalue weighted by Crippen LogP contribution is 2.37. The predicted molar refractivity (Wildman–Crippen MR) is 97.8 cm³/mol. The number of thiophene rings is 1. The first-order valence-electron chi connectivity index (χ1n) is 6.54. The molecule has 0 N–H and O–H groups in total. The topological polar surface area (TPSA) is 63.4 Å². The number of aryl methyl sites for hydroxylation is 1. The van der Waals surface area contributed by atoms with Crippen molar-refractivity contribution in [3.63, 3.8) is 0 Å². The van der Waals surface area contributed by atoms with Gasteiger partial charge in [-0.1, -0.05) is 30.0 Å². The van der Waals surface area contributed by atoms with E-state index < -0.39 is 4.92 Å². The Balaban J connectivity index is 1.96. The van der Waals surface area contributed by atoms with Gasteiger partial charge in [0.1, 0.15) is 0 Å². The van der Waals surface area contributed by atoms with E-state index in [4.69, 9.17) is 12.2 Å². The van der Waals surface area contributed by atoms with Gasteiger partial charge >= 0.3 is 0 Å². The number of anilines is 1. The smallest absolute Gasteiger partial charge is 0.268 e. The molecule has 0 radical (unpaired) electrons. The number of benzene rings is 1. The largest absolute Gasteiger partial charge is 0.271 e. The molecule has 116 valence electrons. The number of nitrogens with zero attached hydrogens (tertiary/aromatic N) is 2. The summed E-state index contributed by atoms with van der Waals surface area (Å²) in [6.45, 7) is 1.98. The van der Waals surface area contributed by atoms with Crippen LogP contribution in [0.2, 0.25) is 0 Å². The zero-order valence-electron chi connectivity index (χ0n) is 11.9. The third-order valence-electron chi connectivity index (χ3n) is 3.26. The summed E-state index contributed by atoms with van der Waals surface area (Å²) >= 11 is 8.03. The Labute approximate surface area is 145 Å². The van der Waals surface area contributed by atoms with Crippen molar-refractivity contribution in [2.75, 3.05) is 4.90 Å². The van der Waals surface area contributed by atoms with Gasteiger partial charge in [0.25, 0.3) is 11.6 Å². The van der Waals surface area contributed by atoms with E-state index in [9.17, 15) is 14.9 Å². The third-order valence-corrected chi connectivity index (χ3v) is 5.52. The molecule has 0 saturated carbocycles. The Hall–Kier alpha value is -2.03. The van der Waals surface area contributed by atoms with Gasteiger partial charge in [-0.15, -0.1) is 11.3 Å². The van der Waals surface area contributed by atoms with E-state index in [0.29, 0.717) is 14.9 Å². The molecule has 1 amide bonds. The number of nitro groups is 1. The monoisotopic (exact) mass is 362 g/mol. The van der Waals surface area contributed by atoms with E-state index in [-0.39, 0.29) is 11.6 Å². The normalized spacial score (nSPS) is 16.4. The molecule has 1 aromatic carbocycles. The molecule has 0 aliphatic carbocycles. The molecule has 3 rings (SSSR count). The van der Waals surface area contributed by atoms with Gasteiger partial charge in [-0.05, 0) is 36.1 Å². The highest BCUT2D eigenvalue weighted by molar-refractivity contribution is 8.27. The second-order valence-corrected chi connectivity index (χ2v) is 7.39. The molecule has 1 aliphatic rings. The molecule has 1 aromatic heterocycles. The highest BCUT2D eigenvalue weighted by atomic mass is 32.2. The molecule has 23 heavy (non-hydrogen) atoms. The van der Waals surface area contributed by atoms with Crippen LogP contribution in [0.4, 0.5) is 11.4 Å². The van der Waals surface area contributed by atoms with Crippen molar-refractivity contribution in [3.05, 3.63) is 61.2 Å². The molecular formula is C15H10N2O3S3. The predicted octanol–water partition coefficient (Wildman–Crippen LogP) is 4.37. The van der Waals surface area contributed by atoms with Crippen molar-refractivity contribution >= 4 is 63.0 Å². The van der Waals surface area contributed by atoms with Crippen molar-refractivity contribution < 1.29 is 9.72 Å². The van der Waals surface area contributed by atoms with Gasteiger partial charge in [-0.2, -0.15) is 0 Å². The Morgan fingerprint density at radius 3 is 2.78 bits per heavy atom. The summed E-state index contributed by atoms with van der Waals surface area (Å²) in [5, 5.41) is 12.9. The molecule has 2 aromatic rings. The minimum Gasteiger partial charge on any atom is -0.268 e. The second-order valence-electron chi connectivity index (χ2n) is 4.76. The lowest BCUT2D eigenvalue weighted by Crippen LogP contribution is -2.27. The van der Waals surface area contributed by atoms with Gasteiger partial charge in [0.2, 0.25) is 0 Å². The van der Waals surface area contributed by atoms with E-state index in [2.05, 4.69) is 0 Å². The minimum absolute atomic E-state index is 0.0744. The first-order chi connectivity index (χ1) is 11.0. The minimum atomic E-state index is -0.494. The highest BCUT2D eigenvalue weighted by Gasteiger charge is 2.34. The lowest BCUT2D eigenvalue weighted by atomic mass is 10.2. The molecule has 5 nitrogen and oxygen atoms in total. The lowest BCUT2D eigenvalue weighted by molar-refractivity contribution is -0.384. The van der Waals surface area contributed by atoms with Crippen molar-refractivity contribution in [1.29, 1.82) is 0 Å². The molecule has 0 bridgehead atoms. The maximum atomic E-state index is 12.6. The van der Waals surface area contributed by atoms with Gasteiger partial charge in [0, 0.05) is 17.0 Å². The number of nitro benzene ring substituents is 1. The van der Waals surface area contributed by atoms with E-state index >= 15 is 0 Å². The average Bonchev–Trinajstić information content (AvgIpc) is 3.03. The summed E-state index contributed by atoms with van der Waals surface area (Å²) in [6.07, 6.45) is 1.82. The van der Waals surface area contributed by atoms with Crippen LogP contribution in [0, 0.1) is 17.0 Å². The number of hydrogen-bond acceptors (Lipinski definition) is 6. The fourth-order valence-corrected chi connectivity index (χ4v) is 4.30. The second kappa shape index (κ2) is 6.23. The average molecular weight is 362 g/mol. The standard InChI is InChI=1S/C15H10N2O3S3/c1-9-5-6-22-12(9)8-13-14(18)16(15(21)23-13)10-3-2-4-11(7-10)17(19)20/h2-8H,1H3/b13-8+. The van der Waals surface area contributed by atoms with Gasteiger partial charge in [-0.3, -0.25) is 19.8 Å². The molecule has 0 atom stereocenters. The third kappa shape index (κ3) is 3.05. The van der Waals surface area contributed by atoms with Crippen LogP contribution < -0.4 is 4.90 Å². The maximum absolute atomic E-state index is 12.6. The van der Waals surface area contributed by atoms with Crippen LogP contribution in [0.15, 0.2) is 40.6 Å². The summed E-state index contributed by atoms with van der Waals surface area (Å²) in [5.74, 6) is -0.256. The fourth-order valence-electron chi connectivity index (χ4n) is 2.09. The Morgan fingerprint density at radius 2 is 2.13 bits per heavy atom. The van der Waals surface area contributed by atoms with Crippen LogP contribution in [-0.2, 0) is 4.79 Å². The molecular weight excluding hydrogens is 352 g/mol. The van der Waals surface area contributed by atoms with Crippen LogP contribution in [0.25, 0.3) is 6.08 Å². The molecule has 8 heteroatoms. The number of thioether (sulfide) groups is 1. The summed E-state index contributed by atoms with van der Waals surface area (Å²) in [6, 6.07) is 7.89. The molecule has 1 saturated heterocycles. The summed E-state index contributed by atoms with van der Waals surface area (Å²) in [5.41, 5.74) is 1.43. The van der Waals surface area contributed by atoms with Gasteiger partial charge < -0.3 is 0 Å². The summed E-state index contributed by atoms with van der Waals surface area (Å²) < 4.78 is 0.371. The number of carbonyl (C=O) groups excluding carboxylic acids is 1. The van der Waals surface area contributed by atoms with E-state index in [1.54, 1.807) is 23.5 Å². The van der Waals surface area contributed by atoms with E-state index in [1.165, 1.54) is 28.8 Å². The summed E-state index contributed by atoms with van der Waals surface area (Å²) in [7, 11) is 0. The van der Waals surface area contributed by atoms with Crippen LogP contribution in [0.5, 0.6) is 0 Å². The number of amides is 1. The Bertz CT molecular complexity index is 857. The lowest BCUT2D eigenvalue weighted by Gasteiger charge is -2.13. The molecule has 2 heterocycles. The number of carbonyl (C=O) groups is 1. The fraction of sp³-hybridized carbons (Fsp3) is 0.0667. The van der Waals surface area contributed by atoms with Crippen molar-refractivity contribution in [2.24, 2.45) is 0 Å². The first kappa shape index (κ1) is 15.9. The maximum Gasteiger partial charge on any atom is 0.271 e. The van der Waals surface area contributed by atoms with Crippen LogP contribution in [0.3, 0.4) is 0 Å². The summed E-state index contributed by atoms with van der Waals surface area (Å²) in [4.78, 5) is 25.9. The molecule has 0 unspecified atom stereocenters. The Morgan fingerprint density at radius 1 is 1.35 bits per heavy atom. The van der Waals surface area contributed by atoms with Gasteiger partial charge in [0.15, 0.2) is 4.32 Å². The Kier molecular flexibility index (Phi) is 4.29. The van der Waals surface area contributed by atoms with Crippen LogP contribution >= 0.6 is 35.3 Å². The number of rotatable bonds is 3. The van der Waals surface area contributed by atoms with Gasteiger partial charge in [-0.25, -0.2) is 0 Å². The number of thiocarbonyl (C=S) groups is 1. The van der Waals surface area contributed by atoms with Crippen LogP contribution in [-0.4, -0.2) is 15.2 Å². The molecule has 0 spiro atoms. The first-order valence-corrected chi connectivity index (χ1v) is 8.64. The van der Waals surface area contributed by atoms with Gasteiger partial charge in [0.05, 0.1) is 15.5 Å². The zero-order chi connectivity index (χ0) is 16.6. The number of non-ortho nitro benzene ring substituents is 1. The SMILES string of the molecule is Cc1ccsc1/C=C1/SC(=S)N(c2cccc([N+](=O)[O-])c2)C1=O. The molecule has 1 fully saturated rings. The zero-order valence-corrected chi connectivity index (χ0v) is 14.3. The van der Waals surface area contributed by atoms with Crippen molar-refractivity contribution in [1.82, 2.24) is 0 Å². The quantitative estimate of drug-likeness (QED) is 0.351. The molecule has 1 aliphatic heterocycles. The number of hydrogen-bond donors (Lipinski definition) is 0. The van der Waals surface area contributed by atoms with E-state index in [0.717, 1.165) is 10.4 Å². The van der Waals surface area contributed by atoms with Crippen molar-refractivity contribution in [3.8, 4) is 0 Å². The van der Waals surface area contributed by atoms with Crippen LogP contribution in [0.1, 0.15) is 10.4 Å². The van der Waals surface area contributed by atoms with E-state index in [1.807, 2.05) is 24.4 Å².